The van der Waals surface area contributed by atoms with E-state index in [2.05, 4.69) is 40.4 Å². The second-order valence-corrected chi connectivity index (χ2v) is 7.58. The highest BCUT2D eigenvalue weighted by atomic mass is 19.4. The van der Waals surface area contributed by atoms with Crippen LogP contribution >= 0.6 is 0 Å². The van der Waals surface area contributed by atoms with Gasteiger partial charge in [-0.1, -0.05) is 35.9 Å². The molecule has 0 N–H and O–H groups in total. The third kappa shape index (κ3) is 5.12. The first-order valence-electron chi connectivity index (χ1n) is 10.1. The lowest BCUT2D eigenvalue weighted by Gasteiger charge is -2.35. The van der Waals surface area contributed by atoms with E-state index in [1.54, 1.807) is 6.07 Å². The van der Waals surface area contributed by atoms with Gasteiger partial charge in [-0.25, -0.2) is 4.98 Å². The predicted molar refractivity (Wildman–Crippen MR) is 111 cm³/mol. The molecule has 0 amide bonds. The second kappa shape index (κ2) is 8.78. The molecule has 0 radical (unpaired) electrons. The maximum atomic E-state index is 12.7. The molecule has 4 rings (SSSR count). The number of alkyl halides is 3. The molecule has 1 atom stereocenters. The fourth-order valence-corrected chi connectivity index (χ4v) is 3.87. The predicted octanol–water partition coefficient (Wildman–Crippen LogP) is 6.60. The SMILES string of the molecule is FC(F)(F)c1ccc(Oc2cccc(/C=C3\CCCC(N4C=CC=CC4)C3)c2)nc1. The Morgan fingerprint density at radius 1 is 1.13 bits per heavy atom. The quantitative estimate of drug-likeness (QED) is 0.565. The average molecular weight is 412 g/mol. The number of benzene rings is 1. The van der Waals surface area contributed by atoms with Crippen LogP contribution in [0, 0.1) is 0 Å². The molecule has 1 aromatic carbocycles. The van der Waals surface area contributed by atoms with Crippen LogP contribution in [0.25, 0.3) is 6.08 Å². The van der Waals surface area contributed by atoms with Gasteiger partial charge in [0.05, 0.1) is 5.56 Å². The van der Waals surface area contributed by atoms with Gasteiger partial charge in [-0.3, -0.25) is 0 Å². The van der Waals surface area contributed by atoms with Crippen molar-refractivity contribution in [2.24, 2.45) is 0 Å². The molecular weight excluding hydrogens is 389 g/mol. The Labute approximate surface area is 174 Å². The number of halogens is 3. The van der Waals surface area contributed by atoms with Gasteiger partial charge < -0.3 is 9.64 Å². The second-order valence-electron chi connectivity index (χ2n) is 7.58. The van der Waals surface area contributed by atoms with Gasteiger partial charge in [0.2, 0.25) is 5.88 Å². The van der Waals surface area contributed by atoms with Crippen molar-refractivity contribution in [3.8, 4) is 11.6 Å². The van der Waals surface area contributed by atoms with Crippen LogP contribution in [0.3, 0.4) is 0 Å². The summed E-state index contributed by atoms with van der Waals surface area (Å²) in [4.78, 5) is 6.16. The molecule has 0 spiro atoms. The monoisotopic (exact) mass is 412 g/mol. The highest BCUT2D eigenvalue weighted by molar-refractivity contribution is 5.55. The van der Waals surface area contributed by atoms with Gasteiger partial charge in [0.1, 0.15) is 5.75 Å². The lowest BCUT2D eigenvalue weighted by molar-refractivity contribution is -0.137. The zero-order valence-electron chi connectivity index (χ0n) is 16.5. The molecule has 1 unspecified atom stereocenters. The van der Waals surface area contributed by atoms with Crippen LogP contribution in [0.2, 0.25) is 0 Å². The van der Waals surface area contributed by atoms with E-state index in [1.165, 1.54) is 18.1 Å². The fourth-order valence-electron chi connectivity index (χ4n) is 3.87. The van der Waals surface area contributed by atoms with Crippen LogP contribution in [0.4, 0.5) is 13.2 Å². The van der Waals surface area contributed by atoms with Crippen molar-refractivity contribution < 1.29 is 17.9 Å². The topological polar surface area (TPSA) is 25.4 Å². The maximum Gasteiger partial charge on any atom is 0.417 e. The number of allylic oxidation sites excluding steroid dienone is 2. The molecule has 2 heterocycles. The van der Waals surface area contributed by atoms with Crippen LogP contribution in [0.5, 0.6) is 11.6 Å². The van der Waals surface area contributed by atoms with Crippen LogP contribution in [0.1, 0.15) is 36.8 Å². The molecule has 1 saturated carbocycles. The van der Waals surface area contributed by atoms with Crippen molar-refractivity contribution in [1.82, 2.24) is 9.88 Å². The van der Waals surface area contributed by atoms with Gasteiger partial charge in [-0.15, -0.1) is 0 Å². The molecule has 2 aromatic rings. The first kappa shape index (κ1) is 20.3. The normalized spacial score (nSPS) is 20.6. The summed E-state index contributed by atoms with van der Waals surface area (Å²) in [6.07, 6.45) is 11.5. The lowest BCUT2D eigenvalue weighted by Crippen LogP contribution is -2.34. The number of nitrogens with zero attached hydrogens (tertiary/aromatic N) is 2. The Hall–Kier alpha value is -3.02. The first-order chi connectivity index (χ1) is 14.5. The Bertz CT molecular complexity index is 961. The molecule has 0 bridgehead atoms. The van der Waals surface area contributed by atoms with Gasteiger partial charge in [-0.2, -0.15) is 13.2 Å². The molecule has 1 fully saturated rings. The van der Waals surface area contributed by atoms with E-state index >= 15 is 0 Å². The van der Waals surface area contributed by atoms with Crippen molar-refractivity contribution in [3.05, 3.63) is 83.7 Å². The number of hydrogen-bond donors (Lipinski definition) is 0. The number of rotatable bonds is 4. The Balaban J connectivity index is 1.44. The molecule has 156 valence electrons. The smallest absolute Gasteiger partial charge is 0.417 e. The summed E-state index contributed by atoms with van der Waals surface area (Å²) in [7, 11) is 0. The highest BCUT2D eigenvalue weighted by Crippen LogP contribution is 2.32. The fraction of sp³-hybridized carbons (Fsp3) is 0.292. The van der Waals surface area contributed by atoms with Crippen molar-refractivity contribution in [3.63, 3.8) is 0 Å². The van der Waals surface area contributed by atoms with E-state index in [-0.39, 0.29) is 5.88 Å². The lowest BCUT2D eigenvalue weighted by atomic mass is 9.88. The summed E-state index contributed by atoms with van der Waals surface area (Å²) in [5.74, 6) is 0.684. The summed E-state index contributed by atoms with van der Waals surface area (Å²) < 4.78 is 43.7. The van der Waals surface area contributed by atoms with E-state index in [4.69, 9.17) is 4.74 Å². The summed E-state index contributed by atoms with van der Waals surface area (Å²) in [6.45, 7) is 0.956. The molecule has 1 aromatic heterocycles. The van der Waals surface area contributed by atoms with E-state index in [1.807, 2.05) is 18.2 Å². The zero-order chi connectivity index (χ0) is 21.0. The minimum absolute atomic E-state index is 0.135. The molecule has 3 nitrogen and oxygen atoms in total. The molecule has 1 aliphatic carbocycles. The molecule has 30 heavy (non-hydrogen) atoms. The van der Waals surface area contributed by atoms with Crippen LogP contribution in [0.15, 0.2) is 72.6 Å². The molecule has 2 aliphatic rings. The van der Waals surface area contributed by atoms with Crippen molar-refractivity contribution in [2.75, 3.05) is 6.54 Å². The van der Waals surface area contributed by atoms with Crippen molar-refractivity contribution in [2.45, 2.75) is 37.9 Å². The summed E-state index contributed by atoms with van der Waals surface area (Å²) in [6, 6.07) is 10.3. The molecular formula is C24H23F3N2O. The molecule has 1 aliphatic heterocycles. The van der Waals surface area contributed by atoms with Gasteiger partial charge in [-0.05, 0) is 61.7 Å². The standard InChI is InChI=1S/C24H23F3N2O/c25-24(26,27)20-10-11-23(28-17-20)30-22-9-5-7-19(16-22)14-18-6-4-8-21(15-18)29-12-2-1-3-13-29/h1-3,5,7,9-12,14,16-17,21H,4,6,8,13,15H2/b18-14+. The van der Waals surface area contributed by atoms with Crippen molar-refractivity contribution >= 4 is 6.08 Å². The average Bonchev–Trinajstić information content (AvgIpc) is 2.75. The van der Waals surface area contributed by atoms with Crippen LogP contribution in [-0.2, 0) is 6.18 Å². The first-order valence-corrected chi connectivity index (χ1v) is 10.1. The molecule has 0 saturated heterocycles. The van der Waals surface area contributed by atoms with Gasteiger partial charge >= 0.3 is 6.18 Å². The number of ether oxygens (including phenoxy) is 1. The number of aromatic nitrogens is 1. The van der Waals surface area contributed by atoms with E-state index in [9.17, 15) is 13.2 Å². The Kier molecular flexibility index (Phi) is 5.93. The largest absolute Gasteiger partial charge is 0.439 e. The third-order valence-electron chi connectivity index (χ3n) is 5.36. The Morgan fingerprint density at radius 3 is 2.77 bits per heavy atom. The van der Waals surface area contributed by atoms with Gasteiger partial charge in [0, 0.05) is 24.8 Å². The van der Waals surface area contributed by atoms with E-state index < -0.39 is 11.7 Å². The summed E-state index contributed by atoms with van der Waals surface area (Å²) in [5, 5.41) is 0. The van der Waals surface area contributed by atoms with Gasteiger partial charge in [0.25, 0.3) is 0 Å². The summed E-state index contributed by atoms with van der Waals surface area (Å²) in [5.41, 5.74) is 1.63. The van der Waals surface area contributed by atoms with Crippen molar-refractivity contribution in [1.29, 1.82) is 0 Å². The Morgan fingerprint density at radius 2 is 2.03 bits per heavy atom. The maximum absolute atomic E-state index is 12.7. The third-order valence-corrected chi connectivity index (χ3v) is 5.36. The highest BCUT2D eigenvalue weighted by Gasteiger charge is 2.30. The van der Waals surface area contributed by atoms with Crippen LogP contribution < -0.4 is 4.74 Å². The minimum atomic E-state index is -4.41. The number of pyridine rings is 1. The zero-order valence-corrected chi connectivity index (χ0v) is 16.5. The van der Waals surface area contributed by atoms with E-state index in [0.29, 0.717) is 11.8 Å². The van der Waals surface area contributed by atoms with Gasteiger partial charge in [0.15, 0.2) is 0 Å². The number of hydrogen-bond acceptors (Lipinski definition) is 3. The van der Waals surface area contributed by atoms with Crippen LogP contribution in [-0.4, -0.2) is 22.5 Å². The molecule has 6 heteroatoms. The summed E-state index contributed by atoms with van der Waals surface area (Å²) >= 11 is 0. The van der Waals surface area contributed by atoms with E-state index in [0.717, 1.165) is 43.6 Å². The minimum Gasteiger partial charge on any atom is -0.439 e.